The average Bonchev–Trinajstić information content (AvgIpc) is 3.55. The Labute approximate surface area is 215 Å². The number of nitrogens with zero attached hydrogens (tertiary/aromatic N) is 2. The van der Waals surface area contributed by atoms with Gasteiger partial charge in [0.1, 0.15) is 5.01 Å². The molecule has 1 aromatic heterocycles. The van der Waals surface area contributed by atoms with Gasteiger partial charge < -0.3 is 10.2 Å². The van der Waals surface area contributed by atoms with Crippen molar-refractivity contribution >= 4 is 23.2 Å². The maximum atomic E-state index is 12.8. The zero-order valence-corrected chi connectivity index (χ0v) is 21.3. The summed E-state index contributed by atoms with van der Waals surface area (Å²) < 4.78 is 0. The highest BCUT2D eigenvalue weighted by Gasteiger charge is 2.36. The molecule has 2 heterocycles. The number of carbonyl (C=O) groups is 2. The second-order valence-corrected chi connectivity index (χ2v) is 10.2. The molecule has 0 aliphatic carbocycles. The first-order chi connectivity index (χ1) is 17.5. The number of benzene rings is 3. The van der Waals surface area contributed by atoms with Gasteiger partial charge >= 0.3 is 0 Å². The van der Waals surface area contributed by atoms with Crippen LogP contribution in [0.4, 0.5) is 0 Å². The Hall–Kier alpha value is -3.77. The molecule has 1 saturated heterocycles. The van der Waals surface area contributed by atoms with E-state index in [0.717, 1.165) is 33.0 Å². The first kappa shape index (κ1) is 23.9. The lowest BCUT2D eigenvalue weighted by Crippen LogP contribution is -2.33. The molecule has 3 aromatic carbocycles. The van der Waals surface area contributed by atoms with E-state index in [9.17, 15) is 9.59 Å². The van der Waals surface area contributed by atoms with Gasteiger partial charge in [0, 0.05) is 36.0 Å². The summed E-state index contributed by atoms with van der Waals surface area (Å²) in [4.78, 5) is 32.0. The summed E-state index contributed by atoms with van der Waals surface area (Å²) in [5.41, 5.74) is 6.48. The lowest BCUT2D eigenvalue weighted by molar-refractivity contribution is -0.130. The molecule has 1 N–H and O–H groups in total. The molecule has 2 atom stereocenters. The van der Waals surface area contributed by atoms with Gasteiger partial charge in [-0.1, -0.05) is 84.4 Å². The van der Waals surface area contributed by atoms with Crippen molar-refractivity contribution in [2.24, 2.45) is 5.92 Å². The van der Waals surface area contributed by atoms with E-state index in [1.54, 1.807) is 11.3 Å². The summed E-state index contributed by atoms with van der Waals surface area (Å²) in [5.74, 6) is -0.361. The molecule has 6 heteroatoms. The zero-order chi connectivity index (χ0) is 25.1. The molecule has 1 aliphatic rings. The molecule has 182 valence electrons. The first-order valence-electron chi connectivity index (χ1n) is 12.2. The minimum Gasteiger partial charge on any atom is -0.352 e. The van der Waals surface area contributed by atoms with Gasteiger partial charge in [0.25, 0.3) is 0 Å². The average molecular weight is 496 g/mol. The van der Waals surface area contributed by atoms with Crippen molar-refractivity contribution in [1.82, 2.24) is 15.2 Å². The minimum atomic E-state index is -0.321. The van der Waals surface area contributed by atoms with Crippen LogP contribution in [0.5, 0.6) is 0 Å². The monoisotopic (exact) mass is 495 g/mol. The van der Waals surface area contributed by atoms with Gasteiger partial charge in [-0.2, -0.15) is 0 Å². The smallest absolute Gasteiger partial charge is 0.225 e. The topological polar surface area (TPSA) is 62.3 Å². The Morgan fingerprint density at radius 1 is 1.03 bits per heavy atom. The maximum absolute atomic E-state index is 12.8. The Balaban J connectivity index is 1.16. The van der Waals surface area contributed by atoms with Crippen molar-refractivity contribution in [3.63, 3.8) is 0 Å². The molecule has 0 radical (unpaired) electrons. The van der Waals surface area contributed by atoms with Crippen LogP contribution in [-0.4, -0.2) is 28.2 Å². The fourth-order valence-electron chi connectivity index (χ4n) is 4.55. The van der Waals surface area contributed by atoms with E-state index in [1.807, 2.05) is 66.4 Å². The quantitative estimate of drug-likeness (QED) is 0.341. The van der Waals surface area contributed by atoms with Crippen molar-refractivity contribution in [3.05, 3.63) is 101 Å². The van der Waals surface area contributed by atoms with Gasteiger partial charge in [-0.05, 0) is 25.0 Å². The zero-order valence-electron chi connectivity index (χ0n) is 20.5. The fourth-order valence-corrected chi connectivity index (χ4v) is 5.39. The number of likely N-dealkylation sites (tertiary alicyclic amines) is 1. The molecule has 0 saturated carbocycles. The standard InChI is InChI=1S/C30H29N3O2S/c1-20-8-12-24(13-9-20)27-19-36-30(32-27)25-14-10-22(11-15-25)17-31-29(35)26-16-28(34)33(18-26)21(2)23-6-4-3-5-7-23/h3-15,19,21,26H,16-18H2,1-2H3,(H,31,35). The third-order valence-corrected chi connectivity index (χ3v) is 7.69. The largest absolute Gasteiger partial charge is 0.352 e. The predicted molar refractivity (Wildman–Crippen MR) is 144 cm³/mol. The highest BCUT2D eigenvalue weighted by atomic mass is 32.1. The van der Waals surface area contributed by atoms with Gasteiger partial charge in [0.15, 0.2) is 0 Å². The van der Waals surface area contributed by atoms with Crippen LogP contribution in [0, 0.1) is 12.8 Å². The van der Waals surface area contributed by atoms with Crippen molar-refractivity contribution in [2.45, 2.75) is 32.9 Å². The van der Waals surface area contributed by atoms with Crippen LogP contribution in [-0.2, 0) is 16.1 Å². The molecule has 5 nitrogen and oxygen atoms in total. The summed E-state index contributed by atoms with van der Waals surface area (Å²) in [6.45, 7) is 4.98. The molecule has 5 rings (SSSR count). The van der Waals surface area contributed by atoms with Crippen molar-refractivity contribution in [3.8, 4) is 21.8 Å². The van der Waals surface area contributed by atoms with E-state index in [2.05, 4.69) is 41.9 Å². The number of hydrogen-bond donors (Lipinski definition) is 1. The van der Waals surface area contributed by atoms with E-state index in [0.29, 0.717) is 13.1 Å². The molecule has 36 heavy (non-hydrogen) atoms. The van der Waals surface area contributed by atoms with E-state index in [-0.39, 0.29) is 30.2 Å². The number of nitrogens with one attached hydrogen (secondary N) is 1. The van der Waals surface area contributed by atoms with Gasteiger partial charge in [0.05, 0.1) is 17.7 Å². The number of thiazole rings is 1. The number of rotatable bonds is 7. The lowest BCUT2D eigenvalue weighted by Gasteiger charge is -2.25. The lowest BCUT2D eigenvalue weighted by atomic mass is 10.1. The molecular formula is C30H29N3O2S. The maximum Gasteiger partial charge on any atom is 0.225 e. The van der Waals surface area contributed by atoms with Crippen LogP contribution < -0.4 is 5.32 Å². The summed E-state index contributed by atoms with van der Waals surface area (Å²) >= 11 is 1.63. The molecule has 1 aliphatic heterocycles. The molecule has 1 fully saturated rings. The van der Waals surface area contributed by atoms with E-state index in [4.69, 9.17) is 4.98 Å². The number of carbonyl (C=O) groups excluding carboxylic acids is 2. The second kappa shape index (κ2) is 10.5. The van der Waals surface area contributed by atoms with Crippen LogP contribution >= 0.6 is 11.3 Å². The van der Waals surface area contributed by atoms with Gasteiger partial charge in [-0.15, -0.1) is 11.3 Å². The van der Waals surface area contributed by atoms with E-state index < -0.39 is 0 Å². The highest BCUT2D eigenvalue weighted by Crippen LogP contribution is 2.30. The Morgan fingerprint density at radius 2 is 1.72 bits per heavy atom. The number of hydrogen-bond acceptors (Lipinski definition) is 4. The Bertz CT molecular complexity index is 1350. The third kappa shape index (κ3) is 5.24. The van der Waals surface area contributed by atoms with Crippen molar-refractivity contribution in [1.29, 1.82) is 0 Å². The fraction of sp³-hybridized carbons (Fsp3) is 0.233. The Morgan fingerprint density at radius 3 is 2.44 bits per heavy atom. The number of amides is 2. The molecule has 2 unspecified atom stereocenters. The second-order valence-electron chi connectivity index (χ2n) is 9.35. The van der Waals surface area contributed by atoms with Crippen LogP contribution in [0.2, 0.25) is 0 Å². The number of aromatic nitrogens is 1. The predicted octanol–water partition coefficient (Wildman–Crippen LogP) is 6.01. The van der Waals surface area contributed by atoms with E-state index >= 15 is 0 Å². The van der Waals surface area contributed by atoms with Crippen LogP contribution in [0.3, 0.4) is 0 Å². The van der Waals surface area contributed by atoms with Gasteiger partial charge in [-0.25, -0.2) is 4.98 Å². The number of aryl methyl sites for hydroxylation is 1. The molecule has 4 aromatic rings. The summed E-state index contributed by atoms with van der Waals surface area (Å²) in [6, 6.07) is 26.4. The third-order valence-electron chi connectivity index (χ3n) is 6.80. The Kier molecular flexibility index (Phi) is 6.96. The SMILES string of the molecule is Cc1ccc(-c2csc(-c3ccc(CNC(=O)C4CC(=O)N(C(C)c5ccccc5)C4)cc3)n2)cc1. The minimum absolute atomic E-state index is 0.0318. The molecular weight excluding hydrogens is 466 g/mol. The normalized spacial score (nSPS) is 16.2. The van der Waals surface area contributed by atoms with Crippen LogP contribution in [0.1, 0.15) is 36.1 Å². The summed E-state index contributed by atoms with van der Waals surface area (Å²) in [7, 11) is 0. The van der Waals surface area contributed by atoms with Gasteiger partial charge in [-0.3, -0.25) is 9.59 Å². The molecule has 0 spiro atoms. The van der Waals surface area contributed by atoms with Crippen LogP contribution in [0.15, 0.2) is 84.2 Å². The van der Waals surface area contributed by atoms with E-state index in [1.165, 1.54) is 5.56 Å². The van der Waals surface area contributed by atoms with Gasteiger partial charge in [0.2, 0.25) is 11.8 Å². The molecule has 2 amide bonds. The highest BCUT2D eigenvalue weighted by molar-refractivity contribution is 7.13. The molecule has 0 bridgehead atoms. The summed E-state index contributed by atoms with van der Waals surface area (Å²) in [6.07, 6.45) is 0.259. The van der Waals surface area contributed by atoms with Crippen molar-refractivity contribution < 1.29 is 9.59 Å². The van der Waals surface area contributed by atoms with Crippen LogP contribution in [0.25, 0.3) is 21.8 Å². The first-order valence-corrected chi connectivity index (χ1v) is 13.1. The van der Waals surface area contributed by atoms with Crippen molar-refractivity contribution in [2.75, 3.05) is 6.54 Å². The summed E-state index contributed by atoms with van der Waals surface area (Å²) in [5, 5.41) is 6.07.